The van der Waals surface area contributed by atoms with E-state index in [2.05, 4.69) is 5.32 Å². The Kier molecular flexibility index (Phi) is 5.25. The molecule has 1 aliphatic heterocycles. The second-order valence-electron chi connectivity index (χ2n) is 6.93. The topological polar surface area (TPSA) is 66.5 Å². The van der Waals surface area contributed by atoms with Gasteiger partial charge >= 0.3 is 0 Å². The molecule has 6 heteroatoms. The summed E-state index contributed by atoms with van der Waals surface area (Å²) in [5.74, 6) is 0.0451. The predicted octanol–water partition coefficient (Wildman–Crippen LogP) is 2.45. The van der Waals surface area contributed by atoms with Gasteiger partial charge in [-0.2, -0.15) is 4.31 Å². The molecule has 1 heterocycles. The Bertz CT molecular complexity index is 688. The van der Waals surface area contributed by atoms with Gasteiger partial charge in [-0.25, -0.2) is 8.42 Å². The number of aryl methyl sites for hydroxylation is 1. The van der Waals surface area contributed by atoms with Crippen LogP contribution in [0.3, 0.4) is 0 Å². The maximum Gasteiger partial charge on any atom is 0.243 e. The van der Waals surface area contributed by atoms with Crippen molar-refractivity contribution in [1.82, 2.24) is 9.62 Å². The van der Waals surface area contributed by atoms with Gasteiger partial charge in [0.25, 0.3) is 0 Å². The van der Waals surface area contributed by atoms with Gasteiger partial charge in [0.15, 0.2) is 0 Å². The van der Waals surface area contributed by atoms with Crippen LogP contribution in [0.2, 0.25) is 0 Å². The summed E-state index contributed by atoms with van der Waals surface area (Å²) in [6.07, 6.45) is 5.74. The fourth-order valence-electron chi connectivity index (χ4n) is 3.73. The first-order chi connectivity index (χ1) is 11.5. The molecular formula is C18H26N2O3S. The Labute approximate surface area is 144 Å². The summed E-state index contributed by atoms with van der Waals surface area (Å²) in [4.78, 5) is 12.7. The highest BCUT2D eigenvalue weighted by Crippen LogP contribution is 2.26. The van der Waals surface area contributed by atoms with Crippen LogP contribution >= 0.6 is 0 Å². The predicted molar refractivity (Wildman–Crippen MR) is 93.1 cm³/mol. The molecule has 1 saturated carbocycles. The minimum Gasteiger partial charge on any atom is -0.353 e. The van der Waals surface area contributed by atoms with E-state index < -0.39 is 10.0 Å². The van der Waals surface area contributed by atoms with Crippen LogP contribution in [0.5, 0.6) is 0 Å². The van der Waals surface area contributed by atoms with E-state index in [9.17, 15) is 13.2 Å². The van der Waals surface area contributed by atoms with Gasteiger partial charge in [0, 0.05) is 25.0 Å². The number of benzene rings is 1. The molecular weight excluding hydrogens is 324 g/mol. The van der Waals surface area contributed by atoms with E-state index in [4.69, 9.17) is 0 Å². The smallest absolute Gasteiger partial charge is 0.243 e. The van der Waals surface area contributed by atoms with Gasteiger partial charge in [-0.1, -0.05) is 31.0 Å². The average Bonchev–Trinajstić information content (AvgIpc) is 3.08. The van der Waals surface area contributed by atoms with Crippen molar-refractivity contribution in [3.63, 3.8) is 0 Å². The Hall–Kier alpha value is -1.40. The molecule has 132 valence electrons. The van der Waals surface area contributed by atoms with Gasteiger partial charge in [0.1, 0.15) is 0 Å². The van der Waals surface area contributed by atoms with Crippen LogP contribution in [0, 0.1) is 12.8 Å². The van der Waals surface area contributed by atoms with Crippen LogP contribution in [0.25, 0.3) is 0 Å². The van der Waals surface area contributed by atoms with Gasteiger partial charge < -0.3 is 5.32 Å². The molecule has 0 bridgehead atoms. The second kappa shape index (κ2) is 7.23. The lowest BCUT2D eigenvalue weighted by atomic mass is 9.97. The number of carbonyl (C=O) groups excluding carboxylic acids is 1. The lowest BCUT2D eigenvalue weighted by Crippen LogP contribution is -2.44. The van der Waals surface area contributed by atoms with E-state index in [1.807, 2.05) is 19.1 Å². The van der Waals surface area contributed by atoms with Crippen molar-refractivity contribution in [1.29, 1.82) is 0 Å². The van der Waals surface area contributed by atoms with Gasteiger partial charge in [-0.15, -0.1) is 0 Å². The molecule has 0 spiro atoms. The van der Waals surface area contributed by atoms with Crippen LogP contribution < -0.4 is 5.32 Å². The first-order valence-corrected chi connectivity index (χ1v) is 10.3. The molecule has 0 radical (unpaired) electrons. The summed E-state index contributed by atoms with van der Waals surface area (Å²) in [6.45, 7) is 2.65. The molecule has 2 fully saturated rings. The number of amides is 1. The van der Waals surface area contributed by atoms with Crippen molar-refractivity contribution in [3.05, 3.63) is 29.8 Å². The van der Waals surface area contributed by atoms with Crippen molar-refractivity contribution in [2.75, 3.05) is 13.1 Å². The summed E-state index contributed by atoms with van der Waals surface area (Å²) in [7, 11) is -3.46. The zero-order valence-corrected chi connectivity index (χ0v) is 15.0. The van der Waals surface area contributed by atoms with E-state index in [0.29, 0.717) is 36.9 Å². The normalized spacial score (nSPS) is 21.0. The number of sulfonamides is 1. The van der Waals surface area contributed by atoms with Crippen LogP contribution in [0.1, 0.15) is 44.1 Å². The molecule has 1 amide bonds. The van der Waals surface area contributed by atoms with Crippen LogP contribution in [0.15, 0.2) is 29.2 Å². The van der Waals surface area contributed by atoms with Crippen molar-refractivity contribution in [2.24, 2.45) is 5.92 Å². The molecule has 1 aromatic carbocycles. The molecule has 24 heavy (non-hydrogen) atoms. The molecule has 0 unspecified atom stereocenters. The zero-order chi connectivity index (χ0) is 17.2. The fraction of sp³-hybridized carbons (Fsp3) is 0.611. The zero-order valence-electron chi connectivity index (χ0n) is 14.2. The Morgan fingerprint density at radius 2 is 1.71 bits per heavy atom. The second-order valence-corrected chi connectivity index (χ2v) is 8.84. The molecule has 1 N–H and O–H groups in total. The average molecular weight is 350 g/mol. The summed E-state index contributed by atoms with van der Waals surface area (Å²) in [5.41, 5.74) is 0.763. The molecule has 1 aromatic rings. The summed E-state index contributed by atoms with van der Waals surface area (Å²) in [6, 6.07) is 7.39. The quantitative estimate of drug-likeness (QED) is 0.907. The van der Waals surface area contributed by atoms with E-state index in [-0.39, 0.29) is 11.8 Å². The number of hydrogen-bond donors (Lipinski definition) is 1. The van der Waals surface area contributed by atoms with E-state index in [1.165, 1.54) is 17.1 Å². The van der Waals surface area contributed by atoms with Crippen LogP contribution in [-0.2, 0) is 14.8 Å². The minimum absolute atomic E-state index is 0.0612. The summed E-state index contributed by atoms with van der Waals surface area (Å²) in [5, 5.41) is 3.14. The van der Waals surface area contributed by atoms with Crippen molar-refractivity contribution in [3.8, 4) is 0 Å². The van der Waals surface area contributed by atoms with Crippen molar-refractivity contribution >= 4 is 15.9 Å². The third-order valence-electron chi connectivity index (χ3n) is 5.24. The van der Waals surface area contributed by atoms with Gasteiger partial charge in [-0.05, 0) is 44.2 Å². The first-order valence-electron chi connectivity index (χ1n) is 8.84. The molecule has 0 aromatic heterocycles. The van der Waals surface area contributed by atoms with Crippen molar-refractivity contribution in [2.45, 2.75) is 56.4 Å². The third kappa shape index (κ3) is 3.64. The molecule has 1 aliphatic carbocycles. The molecule has 5 nitrogen and oxygen atoms in total. The maximum atomic E-state index is 12.8. The third-order valence-corrected chi connectivity index (χ3v) is 7.30. The van der Waals surface area contributed by atoms with Gasteiger partial charge in [0.2, 0.25) is 15.9 Å². The monoisotopic (exact) mass is 350 g/mol. The molecule has 0 atom stereocenters. The Morgan fingerprint density at radius 3 is 2.33 bits per heavy atom. The Balaban J connectivity index is 1.60. The highest BCUT2D eigenvalue weighted by molar-refractivity contribution is 7.89. The van der Waals surface area contributed by atoms with Gasteiger partial charge in [-0.3, -0.25) is 4.79 Å². The number of hydrogen-bond acceptors (Lipinski definition) is 3. The lowest BCUT2D eigenvalue weighted by molar-refractivity contribution is -0.126. The number of rotatable bonds is 4. The van der Waals surface area contributed by atoms with Crippen LogP contribution in [0.4, 0.5) is 0 Å². The number of carbonyl (C=O) groups is 1. The molecule has 1 saturated heterocycles. The van der Waals surface area contributed by atoms with Crippen molar-refractivity contribution < 1.29 is 13.2 Å². The van der Waals surface area contributed by atoms with Gasteiger partial charge in [0.05, 0.1) is 4.90 Å². The minimum atomic E-state index is -3.46. The lowest BCUT2D eigenvalue weighted by Gasteiger charge is -2.31. The van der Waals surface area contributed by atoms with Crippen LogP contribution in [-0.4, -0.2) is 37.8 Å². The molecule has 3 rings (SSSR count). The summed E-state index contributed by atoms with van der Waals surface area (Å²) >= 11 is 0. The fourth-order valence-corrected chi connectivity index (χ4v) is 5.43. The van der Waals surface area contributed by atoms with E-state index in [1.54, 1.807) is 12.1 Å². The largest absolute Gasteiger partial charge is 0.353 e. The highest BCUT2D eigenvalue weighted by atomic mass is 32.2. The molecule has 2 aliphatic rings. The highest BCUT2D eigenvalue weighted by Gasteiger charge is 2.33. The summed E-state index contributed by atoms with van der Waals surface area (Å²) < 4.78 is 27.1. The number of nitrogens with one attached hydrogen (secondary N) is 1. The SMILES string of the molecule is Cc1ccccc1S(=O)(=O)N1CCC(C(=O)NC2CCCC2)CC1. The maximum absolute atomic E-state index is 12.8. The number of nitrogens with zero attached hydrogens (tertiary/aromatic N) is 1. The number of piperidine rings is 1. The Morgan fingerprint density at radius 1 is 1.08 bits per heavy atom. The standard InChI is InChI=1S/C18H26N2O3S/c1-14-6-2-5-9-17(14)24(22,23)20-12-10-15(11-13-20)18(21)19-16-7-3-4-8-16/h2,5-6,9,15-16H,3-4,7-8,10-13H2,1H3,(H,19,21). The van der Waals surface area contributed by atoms with E-state index in [0.717, 1.165) is 18.4 Å². The van der Waals surface area contributed by atoms with E-state index >= 15 is 0 Å². The first kappa shape index (κ1) is 17.4.